The van der Waals surface area contributed by atoms with E-state index in [1.807, 2.05) is 55.5 Å². The smallest absolute Gasteiger partial charge is 0.251 e. The molecule has 0 radical (unpaired) electrons. The zero-order valence-corrected chi connectivity index (χ0v) is 15.0. The molecule has 2 N–H and O–H groups in total. The number of methoxy groups -OCH3 is 1. The summed E-state index contributed by atoms with van der Waals surface area (Å²) in [5.74, 6) is 0.603. The topological polar surface area (TPSA) is 71.2 Å². The van der Waals surface area contributed by atoms with Crippen molar-refractivity contribution in [1.29, 1.82) is 0 Å². The molecule has 5 nitrogen and oxygen atoms in total. The van der Waals surface area contributed by atoms with Gasteiger partial charge < -0.3 is 15.0 Å². The van der Waals surface area contributed by atoms with Crippen LogP contribution in [0.1, 0.15) is 16.7 Å². The predicted molar refractivity (Wildman–Crippen MR) is 103 cm³/mol. The van der Waals surface area contributed by atoms with Crippen molar-refractivity contribution >= 4 is 16.8 Å². The van der Waals surface area contributed by atoms with Crippen molar-refractivity contribution < 1.29 is 9.53 Å². The first kappa shape index (κ1) is 17.7. The quantitative estimate of drug-likeness (QED) is 0.718. The van der Waals surface area contributed by atoms with E-state index in [4.69, 9.17) is 4.74 Å². The average molecular weight is 350 g/mol. The van der Waals surface area contributed by atoms with Gasteiger partial charge in [0, 0.05) is 23.2 Å². The number of rotatable bonds is 6. The van der Waals surface area contributed by atoms with Crippen LogP contribution < -0.4 is 15.6 Å². The number of H-pyrrole nitrogens is 1. The molecule has 0 spiro atoms. The molecule has 3 aromatic rings. The third kappa shape index (κ3) is 4.11. The number of aryl methyl sites for hydroxylation is 1. The Labute approximate surface area is 152 Å². The summed E-state index contributed by atoms with van der Waals surface area (Å²) in [5, 5.41) is 3.87. The zero-order chi connectivity index (χ0) is 18.5. The maximum Gasteiger partial charge on any atom is 0.251 e. The highest BCUT2D eigenvalue weighted by Gasteiger charge is 2.09. The highest BCUT2D eigenvalue weighted by Crippen LogP contribution is 2.17. The summed E-state index contributed by atoms with van der Waals surface area (Å²) in [6, 6.07) is 15.3. The molecule has 2 aromatic carbocycles. The van der Waals surface area contributed by atoms with Crippen molar-refractivity contribution in [3.05, 3.63) is 75.6 Å². The van der Waals surface area contributed by atoms with E-state index in [2.05, 4.69) is 10.3 Å². The van der Waals surface area contributed by atoms with Gasteiger partial charge in [0.2, 0.25) is 5.91 Å². The number of ether oxygens (including phenoxy) is 1. The summed E-state index contributed by atoms with van der Waals surface area (Å²) in [6.07, 6.45) is 0.730. The largest absolute Gasteiger partial charge is 0.496 e. The zero-order valence-electron chi connectivity index (χ0n) is 15.0. The lowest BCUT2D eigenvalue weighted by Gasteiger charge is -2.09. The second-order valence-corrected chi connectivity index (χ2v) is 6.30. The normalized spacial score (nSPS) is 10.7. The lowest BCUT2D eigenvalue weighted by Crippen LogP contribution is -2.28. The van der Waals surface area contributed by atoms with E-state index in [1.165, 1.54) is 0 Å². The van der Waals surface area contributed by atoms with Gasteiger partial charge in [-0.05, 0) is 43.0 Å². The van der Waals surface area contributed by atoms with Crippen LogP contribution in [0.3, 0.4) is 0 Å². The van der Waals surface area contributed by atoms with Gasteiger partial charge in [0.05, 0.1) is 13.5 Å². The van der Waals surface area contributed by atoms with E-state index in [9.17, 15) is 9.59 Å². The molecule has 3 rings (SSSR count). The van der Waals surface area contributed by atoms with E-state index in [1.54, 1.807) is 7.11 Å². The Morgan fingerprint density at radius 2 is 1.92 bits per heavy atom. The first-order chi connectivity index (χ1) is 12.6. The van der Waals surface area contributed by atoms with Crippen molar-refractivity contribution in [2.75, 3.05) is 13.7 Å². The second-order valence-electron chi connectivity index (χ2n) is 6.30. The molecule has 5 heteroatoms. The summed E-state index contributed by atoms with van der Waals surface area (Å²) in [5.41, 5.74) is 3.36. The molecule has 0 saturated heterocycles. The van der Waals surface area contributed by atoms with E-state index in [0.29, 0.717) is 24.3 Å². The summed E-state index contributed by atoms with van der Waals surface area (Å²) < 4.78 is 5.26. The van der Waals surface area contributed by atoms with Crippen molar-refractivity contribution in [1.82, 2.24) is 10.3 Å². The first-order valence-electron chi connectivity index (χ1n) is 8.58. The van der Waals surface area contributed by atoms with E-state index < -0.39 is 0 Å². The number of benzene rings is 2. The Bertz CT molecular complexity index is 992. The van der Waals surface area contributed by atoms with Gasteiger partial charge in [-0.15, -0.1) is 0 Å². The summed E-state index contributed by atoms with van der Waals surface area (Å²) in [4.78, 5) is 27.2. The monoisotopic (exact) mass is 350 g/mol. The Balaban J connectivity index is 1.62. The van der Waals surface area contributed by atoms with Crippen molar-refractivity contribution in [2.45, 2.75) is 19.8 Å². The van der Waals surface area contributed by atoms with Crippen molar-refractivity contribution in [3.63, 3.8) is 0 Å². The molecule has 1 aromatic heterocycles. The maximum absolute atomic E-state index is 12.2. The number of hydrogen-bond donors (Lipinski definition) is 2. The van der Waals surface area contributed by atoms with Gasteiger partial charge in [0.1, 0.15) is 5.75 Å². The lowest BCUT2D eigenvalue weighted by molar-refractivity contribution is -0.120. The second kappa shape index (κ2) is 7.87. The third-order valence-electron chi connectivity index (χ3n) is 4.34. The van der Waals surface area contributed by atoms with Crippen LogP contribution in [0.25, 0.3) is 10.9 Å². The van der Waals surface area contributed by atoms with Crippen LogP contribution in [0.2, 0.25) is 0 Å². The first-order valence-corrected chi connectivity index (χ1v) is 8.58. The molecule has 0 bridgehead atoms. The molecule has 0 aliphatic heterocycles. The number of fused-ring (bicyclic) bond motifs is 1. The van der Waals surface area contributed by atoms with Crippen LogP contribution >= 0.6 is 0 Å². The fourth-order valence-electron chi connectivity index (χ4n) is 2.98. The highest BCUT2D eigenvalue weighted by atomic mass is 16.5. The predicted octanol–water partition coefficient (Wildman–Crippen LogP) is 2.75. The minimum absolute atomic E-state index is 0.0948. The van der Waals surface area contributed by atoms with Crippen LogP contribution in [0.15, 0.2) is 53.3 Å². The molecule has 0 atom stereocenters. The Kier molecular flexibility index (Phi) is 5.37. The minimum Gasteiger partial charge on any atom is -0.496 e. The average Bonchev–Trinajstić information content (AvgIpc) is 2.63. The number of nitrogens with one attached hydrogen (secondary N) is 2. The van der Waals surface area contributed by atoms with Gasteiger partial charge in [-0.3, -0.25) is 9.59 Å². The number of hydrogen-bond acceptors (Lipinski definition) is 3. The number of carbonyl (C=O) groups is 1. The summed E-state index contributed by atoms with van der Waals surface area (Å²) >= 11 is 0. The molecule has 134 valence electrons. The Morgan fingerprint density at radius 3 is 2.73 bits per heavy atom. The lowest BCUT2D eigenvalue weighted by atomic mass is 10.1. The van der Waals surface area contributed by atoms with Gasteiger partial charge in [0.25, 0.3) is 5.56 Å². The molecular formula is C21H22N2O3. The Morgan fingerprint density at radius 1 is 1.12 bits per heavy atom. The van der Waals surface area contributed by atoms with Gasteiger partial charge in [-0.1, -0.05) is 29.8 Å². The number of aromatic nitrogens is 1. The fraction of sp³-hybridized carbons (Fsp3) is 0.238. The van der Waals surface area contributed by atoms with Crippen molar-refractivity contribution in [2.24, 2.45) is 0 Å². The molecule has 1 heterocycles. The molecule has 26 heavy (non-hydrogen) atoms. The molecule has 0 aliphatic carbocycles. The number of carbonyl (C=O) groups excluding carboxylic acids is 1. The number of amides is 1. The molecule has 1 amide bonds. The van der Waals surface area contributed by atoms with Gasteiger partial charge in [0.15, 0.2) is 0 Å². The molecular weight excluding hydrogens is 328 g/mol. The maximum atomic E-state index is 12.2. The Hall–Kier alpha value is -3.08. The van der Waals surface area contributed by atoms with E-state index in [-0.39, 0.29) is 17.9 Å². The number of pyridine rings is 1. The summed E-state index contributed by atoms with van der Waals surface area (Å²) in [7, 11) is 1.59. The molecule has 0 aliphatic rings. The van der Waals surface area contributed by atoms with Crippen LogP contribution in [0, 0.1) is 6.92 Å². The standard InChI is InChI=1S/C21H22N2O3/c1-14-7-8-18-17(11-14)12-16(21(25)23-18)9-10-22-20(24)13-15-5-3-4-6-19(15)26-2/h3-8,11-12H,9-10,13H2,1-2H3,(H,22,24)(H,23,25). The summed E-state index contributed by atoms with van der Waals surface area (Å²) in [6.45, 7) is 2.43. The fourth-order valence-corrected chi connectivity index (χ4v) is 2.98. The molecule has 0 unspecified atom stereocenters. The third-order valence-corrected chi connectivity index (χ3v) is 4.34. The number of aromatic amines is 1. The molecule has 0 fully saturated rings. The van der Waals surface area contributed by atoms with Gasteiger partial charge in [-0.2, -0.15) is 0 Å². The van der Waals surface area contributed by atoms with E-state index in [0.717, 1.165) is 22.0 Å². The number of para-hydroxylation sites is 1. The van der Waals surface area contributed by atoms with Crippen molar-refractivity contribution in [3.8, 4) is 5.75 Å². The minimum atomic E-state index is -0.111. The van der Waals surface area contributed by atoms with Gasteiger partial charge in [-0.25, -0.2) is 0 Å². The van der Waals surface area contributed by atoms with Crippen LogP contribution in [-0.4, -0.2) is 24.5 Å². The van der Waals surface area contributed by atoms with Gasteiger partial charge >= 0.3 is 0 Å². The SMILES string of the molecule is COc1ccccc1CC(=O)NCCc1cc2cc(C)ccc2[nH]c1=O. The van der Waals surface area contributed by atoms with Crippen LogP contribution in [0.4, 0.5) is 0 Å². The molecule has 0 saturated carbocycles. The van der Waals surface area contributed by atoms with Crippen LogP contribution in [-0.2, 0) is 17.6 Å². The highest BCUT2D eigenvalue weighted by molar-refractivity contribution is 5.80. The van der Waals surface area contributed by atoms with E-state index >= 15 is 0 Å². The van der Waals surface area contributed by atoms with Crippen LogP contribution in [0.5, 0.6) is 5.75 Å².